The number of nitrogens with zero attached hydrogens (tertiary/aromatic N) is 1. The molecule has 2 aromatic rings. The molecular formula is C19H20BrNO2S. The molecule has 1 heterocycles. The minimum absolute atomic E-state index is 0.115. The van der Waals surface area contributed by atoms with Gasteiger partial charge in [0.25, 0.3) is 0 Å². The van der Waals surface area contributed by atoms with Crippen molar-refractivity contribution < 1.29 is 8.95 Å². The summed E-state index contributed by atoms with van der Waals surface area (Å²) in [5.41, 5.74) is 2.84. The summed E-state index contributed by atoms with van der Waals surface area (Å²) < 4.78 is 23.8. The van der Waals surface area contributed by atoms with Gasteiger partial charge in [-0.15, -0.1) is 0 Å². The molecular weight excluding hydrogens is 386 g/mol. The van der Waals surface area contributed by atoms with Crippen LogP contribution >= 0.6 is 15.9 Å². The summed E-state index contributed by atoms with van der Waals surface area (Å²) >= 11 is 3.50. The van der Waals surface area contributed by atoms with Gasteiger partial charge in [-0.05, 0) is 44.5 Å². The molecule has 1 aliphatic heterocycles. The molecule has 24 heavy (non-hydrogen) atoms. The van der Waals surface area contributed by atoms with E-state index in [1.165, 1.54) is 0 Å². The molecule has 3 rings (SSSR count). The van der Waals surface area contributed by atoms with Crippen LogP contribution in [0.5, 0.6) is 5.75 Å². The second kappa shape index (κ2) is 6.81. The minimum atomic E-state index is -1.30. The van der Waals surface area contributed by atoms with Crippen LogP contribution < -0.4 is 4.74 Å². The van der Waals surface area contributed by atoms with Gasteiger partial charge in [0, 0.05) is 16.5 Å². The second-order valence-corrected chi connectivity index (χ2v) is 9.58. The molecule has 0 spiro atoms. The third-order valence-corrected chi connectivity index (χ3v) is 5.72. The van der Waals surface area contributed by atoms with Gasteiger partial charge < -0.3 is 4.74 Å². The third-order valence-electron chi connectivity index (χ3n) is 3.79. The van der Waals surface area contributed by atoms with E-state index in [4.69, 9.17) is 4.74 Å². The summed E-state index contributed by atoms with van der Waals surface area (Å²) in [4.78, 5) is 0. The molecule has 0 saturated carbocycles. The fourth-order valence-corrected chi connectivity index (χ4v) is 3.50. The van der Waals surface area contributed by atoms with Crippen molar-refractivity contribution in [2.24, 2.45) is 4.40 Å². The average Bonchev–Trinajstić information content (AvgIpc) is 2.55. The topological polar surface area (TPSA) is 38.7 Å². The zero-order chi connectivity index (χ0) is 17.3. The van der Waals surface area contributed by atoms with E-state index in [2.05, 4.69) is 20.3 Å². The van der Waals surface area contributed by atoms with Gasteiger partial charge >= 0.3 is 0 Å². The number of benzene rings is 2. The third kappa shape index (κ3) is 3.78. The highest BCUT2D eigenvalue weighted by molar-refractivity contribution is 9.10. The van der Waals surface area contributed by atoms with Crippen molar-refractivity contribution in [1.29, 1.82) is 0 Å². The van der Waals surface area contributed by atoms with Crippen LogP contribution in [0.15, 0.2) is 57.4 Å². The SMILES string of the molecule is CC(C)(C)S(=O)/N=C1\CC(c2ccccc2)Oc2ccc(Br)cc21. The zero-order valence-corrected chi connectivity index (χ0v) is 16.4. The lowest BCUT2D eigenvalue weighted by atomic mass is 9.96. The summed E-state index contributed by atoms with van der Waals surface area (Å²) in [6.07, 6.45) is 0.491. The quantitative estimate of drug-likeness (QED) is 0.686. The molecule has 0 N–H and O–H groups in total. The maximum atomic E-state index is 12.5. The minimum Gasteiger partial charge on any atom is -0.485 e. The normalized spacial score (nSPS) is 20.3. The Bertz CT molecular complexity index is 797. The average molecular weight is 406 g/mol. The van der Waals surface area contributed by atoms with E-state index in [0.717, 1.165) is 27.1 Å². The van der Waals surface area contributed by atoms with Crippen LogP contribution in [-0.2, 0) is 11.0 Å². The first-order valence-electron chi connectivity index (χ1n) is 7.85. The van der Waals surface area contributed by atoms with Gasteiger partial charge in [-0.3, -0.25) is 0 Å². The summed E-state index contributed by atoms with van der Waals surface area (Å²) in [6.45, 7) is 5.80. The molecule has 0 aliphatic carbocycles. The van der Waals surface area contributed by atoms with Gasteiger partial charge in [-0.2, -0.15) is 4.40 Å². The van der Waals surface area contributed by atoms with Crippen LogP contribution in [0.2, 0.25) is 0 Å². The predicted molar refractivity (Wildman–Crippen MR) is 103 cm³/mol. The van der Waals surface area contributed by atoms with Crippen molar-refractivity contribution in [3.8, 4) is 5.75 Å². The molecule has 0 fully saturated rings. The molecule has 126 valence electrons. The number of fused-ring (bicyclic) bond motifs is 1. The van der Waals surface area contributed by atoms with Crippen LogP contribution in [0, 0.1) is 0 Å². The molecule has 1 aliphatic rings. The van der Waals surface area contributed by atoms with E-state index in [1.54, 1.807) is 0 Å². The zero-order valence-electron chi connectivity index (χ0n) is 14.0. The summed E-state index contributed by atoms with van der Waals surface area (Å²) in [7, 11) is -1.30. The summed E-state index contributed by atoms with van der Waals surface area (Å²) in [5, 5.41) is 0. The fraction of sp³-hybridized carbons (Fsp3) is 0.316. The highest BCUT2D eigenvalue weighted by Gasteiger charge is 2.28. The Morgan fingerprint density at radius 3 is 2.54 bits per heavy atom. The van der Waals surface area contributed by atoms with Gasteiger partial charge in [0.2, 0.25) is 0 Å². The molecule has 0 saturated heterocycles. The Balaban J connectivity index is 2.05. The first kappa shape index (κ1) is 17.4. The first-order chi connectivity index (χ1) is 11.3. The monoisotopic (exact) mass is 405 g/mol. The van der Waals surface area contributed by atoms with Crippen molar-refractivity contribution in [3.63, 3.8) is 0 Å². The lowest BCUT2D eigenvalue weighted by Gasteiger charge is -2.28. The van der Waals surface area contributed by atoms with Gasteiger partial charge in [-0.25, -0.2) is 4.21 Å². The van der Waals surface area contributed by atoms with Crippen molar-refractivity contribution in [1.82, 2.24) is 0 Å². The Morgan fingerprint density at radius 2 is 1.88 bits per heavy atom. The molecule has 5 heteroatoms. The number of ether oxygens (including phenoxy) is 1. The van der Waals surface area contributed by atoms with Crippen molar-refractivity contribution >= 4 is 32.6 Å². The van der Waals surface area contributed by atoms with E-state index in [1.807, 2.05) is 69.3 Å². The first-order valence-corrected chi connectivity index (χ1v) is 9.75. The van der Waals surface area contributed by atoms with Gasteiger partial charge in [-0.1, -0.05) is 46.3 Å². The van der Waals surface area contributed by atoms with Crippen LogP contribution in [0.3, 0.4) is 0 Å². The highest BCUT2D eigenvalue weighted by Crippen LogP contribution is 2.37. The van der Waals surface area contributed by atoms with Gasteiger partial charge in [0.05, 0.1) is 10.5 Å². The Morgan fingerprint density at radius 1 is 1.17 bits per heavy atom. The van der Waals surface area contributed by atoms with Crippen molar-refractivity contribution in [2.75, 3.05) is 0 Å². The lowest BCUT2D eigenvalue weighted by molar-refractivity contribution is 0.206. The highest BCUT2D eigenvalue weighted by atomic mass is 79.9. The molecule has 0 radical (unpaired) electrons. The number of rotatable bonds is 2. The van der Waals surface area contributed by atoms with Crippen LogP contribution in [0.1, 0.15) is 44.4 Å². The lowest BCUT2D eigenvalue weighted by Crippen LogP contribution is -2.25. The Kier molecular flexibility index (Phi) is 4.92. The van der Waals surface area contributed by atoms with E-state index in [9.17, 15) is 4.21 Å². The largest absolute Gasteiger partial charge is 0.485 e. The van der Waals surface area contributed by atoms with Gasteiger partial charge in [0.15, 0.2) is 0 Å². The summed E-state index contributed by atoms with van der Waals surface area (Å²) in [5.74, 6) is 0.781. The van der Waals surface area contributed by atoms with Gasteiger partial charge in [0.1, 0.15) is 22.8 Å². The molecule has 0 bridgehead atoms. The van der Waals surface area contributed by atoms with E-state index in [-0.39, 0.29) is 10.9 Å². The van der Waals surface area contributed by atoms with Crippen LogP contribution in [0.4, 0.5) is 0 Å². The number of halogens is 1. The van der Waals surface area contributed by atoms with E-state index < -0.39 is 11.0 Å². The molecule has 2 unspecified atom stereocenters. The van der Waals surface area contributed by atoms with Crippen LogP contribution in [-0.4, -0.2) is 14.7 Å². The van der Waals surface area contributed by atoms with E-state index in [0.29, 0.717) is 6.42 Å². The Hall–Kier alpha value is -1.46. The number of hydrogen-bond donors (Lipinski definition) is 0. The van der Waals surface area contributed by atoms with E-state index >= 15 is 0 Å². The maximum Gasteiger partial charge on any atom is 0.145 e. The molecule has 2 aromatic carbocycles. The molecule has 2 atom stereocenters. The molecule has 0 amide bonds. The second-order valence-electron chi connectivity index (χ2n) is 6.76. The van der Waals surface area contributed by atoms with Crippen molar-refractivity contribution in [3.05, 3.63) is 64.1 Å². The maximum absolute atomic E-state index is 12.5. The Labute approximate surface area is 153 Å². The molecule has 3 nitrogen and oxygen atoms in total. The fourth-order valence-electron chi connectivity index (χ4n) is 2.49. The number of hydrogen-bond acceptors (Lipinski definition) is 2. The smallest absolute Gasteiger partial charge is 0.145 e. The molecule has 0 aromatic heterocycles. The summed E-state index contributed by atoms with van der Waals surface area (Å²) in [6, 6.07) is 15.9. The predicted octanol–water partition coefficient (Wildman–Crippen LogP) is 5.22. The van der Waals surface area contributed by atoms with Crippen molar-refractivity contribution in [2.45, 2.75) is 38.0 Å². The van der Waals surface area contributed by atoms with Crippen LogP contribution in [0.25, 0.3) is 0 Å². The standard InChI is InChI=1S/C19H20BrNO2S/c1-19(2,3)24(22)21-16-12-18(13-7-5-4-6-8-13)23-17-10-9-14(20)11-15(16)17/h4-11,18H,12H2,1-3H3/b21-16+.